The average Bonchev–Trinajstić information content (AvgIpc) is 3.67. The third-order valence-corrected chi connectivity index (χ3v) is 10.1. The van der Waals surface area contributed by atoms with E-state index in [0.717, 1.165) is 83.6 Å². The summed E-state index contributed by atoms with van der Waals surface area (Å²) < 4.78 is 6.35. The zero-order valence-electron chi connectivity index (χ0n) is 30.5. The molecule has 0 bridgehead atoms. The average molecular weight is 730 g/mol. The molecule has 0 spiro atoms. The van der Waals surface area contributed by atoms with E-state index in [2.05, 4.69) is 78.9 Å². The van der Waals surface area contributed by atoms with Crippen molar-refractivity contribution in [3.63, 3.8) is 0 Å². The summed E-state index contributed by atoms with van der Waals surface area (Å²) in [6, 6.07) is 65.3. The standard InChI is InChI=1S/C51H31N5O/c52-32-33-21-23-42-43-24-22-38(29-49(43)57-48(42)25-33)39-26-40(46-30-44(34-13-5-1-6-14-34)53-50(55-46)36-17-9-3-10-18-36)28-41(27-39)47-31-45(35-15-7-2-8-16-35)54-51(56-47)37-19-11-4-12-20-37/h1-31H. The van der Waals surface area contributed by atoms with Crippen LogP contribution in [0.2, 0.25) is 0 Å². The van der Waals surface area contributed by atoms with Gasteiger partial charge < -0.3 is 4.42 Å². The Balaban J connectivity index is 1.21. The fourth-order valence-corrected chi connectivity index (χ4v) is 7.25. The van der Waals surface area contributed by atoms with E-state index in [-0.39, 0.29) is 0 Å². The van der Waals surface area contributed by atoms with Gasteiger partial charge in [0, 0.05) is 44.2 Å². The molecule has 3 aromatic heterocycles. The molecule has 266 valence electrons. The minimum absolute atomic E-state index is 0.559. The van der Waals surface area contributed by atoms with Crippen molar-refractivity contribution >= 4 is 21.9 Å². The van der Waals surface area contributed by atoms with Crippen molar-refractivity contribution in [3.05, 3.63) is 194 Å². The molecular weight excluding hydrogens is 699 g/mol. The van der Waals surface area contributed by atoms with E-state index >= 15 is 0 Å². The second-order valence-corrected chi connectivity index (χ2v) is 13.8. The lowest BCUT2D eigenvalue weighted by Crippen LogP contribution is -1.98. The molecular formula is C51H31N5O. The van der Waals surface area contributed by atoms with E-state index in [1.807, 2.05) is 109 Å². The molecule has 0 amide bonds. The number of rotatable bonds is 7. The fourth-order valence-electron chi connectivity index (χ4n) is 7.25. The SMILES string of the molecule is N#Cc1ccc2c(c1)oc1cc(-c3cc(-c4cc(-c5ccccc5)nc(-c5ccccc5)n4)cc(-c4cc(-c5ccccc5)nc(-c5ccccc5)n4)c3)ccc12. The van der Waals surface area contributed by atoms with Crippen LogP contribution in [0.5, 0.6) is 0 Å². The van der Waals surface area contributed by atoms with Gasteiger partial charge in [0.25, 0.3) is 0 Å². The van der Waals surface area contributed by atoms with Crippen LogP contribution in [0.4, 0.5) is 0 Å². The molecule has 0 unspecified atom stereocenters. The number of benzene rings is 7. The predicted octanol–water partition coefficient (Wildman–Crippen LogP) is 12.7. The number of nitrogens with zero attached hydrogens (tertiary/aromatic N) is 5. The largest absolute Gasteiger partial charge is 0.456 e. The Kier molecular flexibility index (Phi) is 8.44. The van der Waals surface area contributed by atoms with Gasteiger partial charge in [-0.05, 0) is 71.8 Å². The summed E-state index contributed by atoms with van der Waals surface area (Å²) in [5, 5.41) is 11.5. The molecule has 10 rings (SSSR count). The number of aromatic nitrogens is 4. The van der Waals surface area contributed by atoms with Crippen molar-refractivity contribution in [3.8, 4) is 85.0 Å². The zero-order valence-corrected chi connectivity index (χ0v) is 30.5. The van der Waals surface area contributed by atoms with E-state index in [4.69, 9.17) is 24.4 Å². The van der Waals surface area contributed by atoms with Crippen LogP contribution in [0.1, 0.15) is 5.56 Å². The van der Waals surface area contributed by atoms with Gasteiger partial charge in [0.05, 0.1) is 34.4 Å². The molecule has 6 nitrogen and oxygen atoms in total. The third-order valence-electron chi connectivity index (χ3n) is 10.1. The van der Waals surface area contributed by atoms with Crippen molar-refractivity contribution in [1.29, 1.82) is 5.26 Å². The molecule has 0 aliphatic carbocycles. The van der Waals surface area contributed by atoms with Gasteiger partial charge >= 0.3 is 0 Å². The van der Waals surface area contributed by atoms with Crippen molar-refractivity contribution in [2.24, 2.45) is 0 Å². The highest BCUT2D eigenvalue weighted by Crippen LogP contribution is 2.38. The van der Waals surface area contributed by atoms with Gasteiger partial charge in [0.2, 0.25) is 0 Å². The maximum Gasteiger partial charge on any atom is 0.160 e. The minimum Gasteiger partial charge on any atom is -0.456 e. The molecule has 0 radical (unpaired) electrons. The highest BCUT2D eigenvalue weighted by atomic mass is 16.3. The fraction of sp³-hybridized carbons (Fsp3) is 0. The summed E-state index contributed by atoms with van der Waals surface area (Å²) in [6.45, 7) is 0. The van der Waals surface area contributed by atoms with Crippen LogP contribution in [-0.4, -0.2) is 19.9 Å². The molecule has 0 N–H and O–H groups in total. The second kappa shape index (κ2) is 14.3. The van der Waals surface area contributed by atoms with Crippen molar-refractivity contribution in [2.75, 3.05) is 0 Å². The number of furan rings is 1. The number of fused-ring (bicyclic) bond motifs is 3. The minimum atomic E-state index is 0.559. The predicted molar refractivity (Wildman–Crippen MR) is 228 cm³/mol. The van der Waals surface area contributed by atoms with Gasteiger partial charge in [0.1, 0.15) is 11.2 Å². The van der Waals surface area contributed by atoms with Crippen LogP contribution in [0.15, 0.2) is 192 Å². The van der Waals surface area contributed by atoms with E-state index in [1.165, 1.54) is 0 Å². The summed E-state index contributed by atoms with van der Waals surface area (Å²) >= 11 is 0. The van der Waals surface area contributed by atoms with Crippen LogP contribution < -0.4 is 0 Å². The summed E-state index contributed by atoms with van der Waals surface area (Å²) in [7, 11) is 0. The first kappa shape index (κ1) is 33.6. The van der Waals surface area contributed by atoms with Gasteiger partial charge in [-0.1, -0.05) is 127 Å². The monoisotopic (exact) mass is 729 g/mol. The Labute approximate surface area is 329 Å². The number of hydrogen-bond acceptors (Lipinski definition) is 6. The van der Waals surface area contributed by atoms with Crippen LogP contribution in [-0.2, 0) is 0 Å². The van der Waals surface area contributed by atoms with Gasteiger partial charge in [-0.3, -0.25) is 0 Å². The maximum atomic E-state index is 9.52. The van der Waals surface area contributed by atoms with Crippen molar-refractivity contribution in [2.45, 2.75) is 0 Å². The topological polar surface area (TPSA) is 88.5 Å². The van der Waals surface area contributed by atoms with E-state index in [9.17, 15) is 5.26 Å². The summed E-state index contributed by atoms with van der Waals surface area (Å²) in [5.74, 6) is 1.28. The summed E-state index contributed by atoms with van der Waals surface area (Å²) in [5.41, 5.74) is 12.8. The Morgan fingerprint density at radius 1 is 0.333 bits per heavy atom. The molecule has 10 aromatic rings. The van der Waals surface area contributed by atoms with Crippen LogP contribution in [0.3, 0.4) is 0 Å². The summed E-state index contributed by atoms with van der Waals surface area (Å²) in [6.07, 6.45) is 0. The van der Waals surface area contributed by atoms with Crippen LogP contribution in [0.25, 0.3) is 101 Å². The highest BCUT2D eigenvalue weighted by molar-refractivity contribution is 6.06. The normalized spacial score (nSPS) is 11.1. The molecule has 0 aliphatic rings. The Morgan fingerprint density at radius 3 is 1.21 bits per heavy atom. The first-order valence-electron chi connectivity index (χ1n) is 18.7. The van der Waals surface area contributed by atoms with Crippen molar-refractivity contribution < 1.29 is 4.42 Å². The molecule has 0 atom stereocenters. The van der Waals surface area contributed by atoms with Gasteiger partial charge in [0.15, 0.2) is 11.6 Å². The Bertz CT molecular complexity index is 2860. The maximum absolute atomic E-state index is 9.52. The molecule has 3 heterocycles. The lowest BCUT2D eigenvalue weighted by Gasteiger charge is -2.14. The molecule has 7 aromatic carbocycles. The highest BCUT2D eigenvalue weighted by Gasteiger charge is 2.17. The van der Waals surface area contributed by atoms with Crippen molar-refractivity contribution in [1.82, 2.24) is 19.9 Å². The number of nitriles is 1. The lowest BCUT2D eigenvalue weighted by atomic mass is 9.95. The van der Waals surface area contributed by atoms with E-state index < -0.39 is 0 Å². The molecule has 0 aliphatic heterocycles. The van der Waals surface area contributed by atoms with Gasteiger partial charge in [-0.25, -0.2) is 19.9 Å². The first-order valence-corrected chi connectivity index (χ1v) is 18.7. The Morgan fingerprint density at radius 2 is 0.737 bits per heavy atom. The van der Waals surface area contributed by atoms with Gasteiger partial charge in [-0.2, -0.15) is 5.26 Å². The molecule has 0 fully saturated rings. The lowest BCUT2D eigenvalue weighted by molar-refractivity contribution is 0.669. The number of hydrogen-bond donors (Lipinski definition) is 0. The Hall–Kier alpha value is -8.01. The van der Waals surface area contributed by atoms with E-state index in [1.54, 1.807) is 6.07 Å². The smallest absolute Gasteiger partial charge is 0.160 e. The molecule has 6 heteroatoms. The third kappa shape index (κ3) is 6.60. The molecule has 0 saturated heterocycles. The van der Waals surface area contributed by atoms with Crippen LogP contribution >= 0.6 is 0 Å². The van der Waals surface area contributed by atoms with Crippen LogP contribution in [0, 0.1) is 11.3 Å². The quantitative estimate of drug-likeness (QED) is 0.162. The molecule has 0 saturated carbocycles. The second-order valence-electron chi connectivity index (χ2n) is 13.8. The summed E-state index contributed by atoms with van der Waals surface area (Å²) in [4.78, 5) is 20.5. The first-order chi connectivity index (χ1) is 28.1. The van der Waals surface area contributed by atoms with E-state index in [0.29, 0.717) is 22.8 Å². The van der Waals surface area contributed by atoms with Gasteiger partial charge in [-0.15, -0.1) is 0 Å². The zero-order chi connectivity index (χ0) is 38.1. The molecule has 57 heavy (non-hydrogen) atoms.